The molecule has 3 rings (SSSR count). The first-order valence-electron chi connectivity index (χ1n) is 9.07. The molecule has 6 nitrogen and oxygen atoms in total. The van der Waals surface area contributed by atoms with Crippen molar-refractivity contribution in [2.24, 2.45) is 0 Å². The number of anilines is 1. The van der Waals surface area contributed by atoms with E-state index in [1.807, 2.05) is 35.2 Å². The van der Waals surface area contributed by atoms with E-state index in [0.29, 0.717) is 29.4 Å². The predicted octanol–water partition coefficient (Wildman–Crippen LogP) is 2.52. The fourth-order valence-corrected chi connectivity index (χ4v) is 4.17. The molecule has 1 atom stereocenters. The molecule has 0 spiro atoms. The van der Waals surface area contributed by atoms with E-state index < -0.39 is 0 Å². The van der Waals surface area contributed by atoms with E-state index in [9.17, 15) is 14.4 Å². The molecule has 1 saturated heterocycles. The van der Waals surface area contributed by atoms with E-state index in [-0.39, 0.29) is 30.2 Å². The number of nitrogens with one attached hydrogen (secondary N) is 2. The van der Waals surface area contributed by atoms with Crippen LogP contribution in [-0.2, 0) is 16.1 Å². The Balaban J connectivity index is 1.54. The number of hydrogen-bond acceptors (Lipinski definition) is 5. The Morgan fingerprint density at radius 2 is 1.89 bits per heavy atom. The van der Waals surface area contributed by atoms with Crippen molar-refractivity contribution in [2.75, 3.05) is 23.5 Å². The van der Waals surface area contributed by atoms with Crippen LogP contribution in [0, 0.1) is 0 Å². The average Bonchev–Trinajstić information content (AvgIpc) is 3.15. The van der Waals surface area contributed by atoms with Crippen molar-refractivity contribution in [1.29, 1.82) is 0 Å². The van der Waals surface area contributed by atoms with Gasteiger partial charge in [-0.25, -0.2) is 0 Å². The quantitative estimate of drug-likeness (QED) is 0.702. The van der Waals surface area contributed by atoms with Crippen LogP contribution >= 0.6 is 11.8 Å². The summed E-state index contributed by atoms with van der Waals surface area (Å²) in [5.74, 6) is 0.962. The lowest BCUT2D eigenvalue weighted by atomic mass is 10.1. The van der Waals surface area contributed by atoms with Crippen LogP contribution in [0.2, 0.25) is 0 Å². The van der Waals surface area contributed by atoms with Crippen LogP contribution in [0.4, 0.5) is 5.69 Å². The number of hydrogen-bond donors (Lipinski definition) is 2. The SMILES string of the molecule is CC(=O)c1cccc(NC(=O)CN2CSC[C@H]2C(=O)NCc2ccccc2)c1. The number of carbonyl (C=O) groups excluding carboxylic acids is 3. The summed E-state index contributed by atoms with van der Waals surface area (Å²) in [5.41, 5.74) is 2.17. The summed E-state index contributed by atoms with van der Waals surface area (Å²) >= 11 is 1.64. The van der Waals surface area contributed by atoms with Crippen LogP contribution in [-0.4, -0.2) is 46.7 Å². The van der Waals surface area contributed by atoms with Gasteiger partial charge in [0.15, 0.2) is 5.78 Å². The largest absolute Gasteiger partial charge is 0.351 e. The molecule has 1 aliphatic heterocycles. The Morgan fingerprint density at radius 1 is 1.11 bits per heavy atom. The number of ketones is 1. The molecule has 1 fully saturated rings. The van der Waals surface area contributed by atoms with Gasteiger partial charge < -0.3 is 10.6 Å². The van der Waals surface area contributed by atoms with Gasteiger partial charge in [-0.2, -0.15) is 0 Å². The lowest BCUT2D eigenvalue weighted by Crippen LogP contribution is -2.47. The third-order valence-electron chi connectivity index (χ3n) is 4.49. The molecule has 0 bridgehead atoms. The van der Waals surface area contributed by atoms with Crippen LogP contribution in [0.25, 0.3) is 0 Å². The molecule has 28 heavy (non-hydrogen) atoms. The molecule has 0 radical (unpaired) electrons. The molecule has 7 heteroatoms. The zero-order chi connectivity index (χ0) is 19.9. The van der Waals surface area contributed by atoms with E-state index in [4.69, 9.17) is 0 Å². The summed E-state index contributed by atoms with van der Waals surface area (Å²) in [6.07, 6.45) is 0. The molecule has 146 valence electrons. The zero-order valence-corrected chi connectivity index (χ0v) is 16.5. The third-order valence-corrected chi connectivity index (χ3v) is 5.55. The van der Waals surface area contributed by atoms with Gasteiger partial charge in [0.2, 0.25) is 11.8 Å². The maximum Gasteiger partial charge on any atom is 0.238 e. The van der Waals surface area contributed by atoms with E-state index in [2.05, 4.69) is 10.6 Å². The summed E-state index contributed by atoms with van der Waals surface area (Å²) in [4.78, 5) is 38.3. The molecule has 2 aromatic carbocycles. The standard InChI is InChI=1S/C21H23N3O3S/c1-15(25)17-8-5-9-18(10-17)23-20(26)12-24-14-28-13-19(24)21(27)22-11-16-6-3-2-4-7-16/h2-10,19H,11-14H2,1H3,(H,22,27)(H,23,26)/t19-/m0/s1. The minimum atomic E-state index is -0.331. The highest BCUT2D eigenvalue weighted by Crippen LogP contribution is 2.21. The van der Waals surface area contributed by atoms with Crippen molar-refractivity contribution < 1.29 is 14.4 Å². The van der Waals surface area contributed by atoms with Crippen molar-refractivity contribution in [3.8, 4) is 0 Å². The van der Waals surface area contributed by atoms with Crippen molar-refractivity contribution in [1.82, 2.24) is 10.2 Å². The number of benzene rings is 2. The Hall–Kier alpha value is -2.64. The molecular formula is C21H23N3O3S. The third kappa shape index (κ3) is 5.43. The first-order chi connectivity index (χ1) is 13.5. The lowest BCUT2D eigenvalue weighted by Gasteiger charge is -2.22. The molecule has 2 N–H and O–H groups in total. The van der Waals surface area contributed by atoms with Gasteiger partial charge in [-0.05, 0) is 24.6 Å². The van der Waals surface area contributed by atoms with E-state index in [1.165, 1.54) is 6.92 Å². The van der Waals surface area contributed by atoms with Crippen molar-refractivity contribution >= 4 is 35.0 Å². The fourth-order valence-electron chi connectivity index (χ4n) is 2.98. The summed E-state index contributed by atoms with van der Waals surface area (Å²) in [5, 5.41) is 5.76. The molecule has 1 heterocycles. The first kappa shape index (κ1) is 20.1. The highest BCUT2D eigenvalue weighted by Gasteiger charge is 2.32. The van der Waals surface area contributed by atoms with E-state index >= 15 is 0 Å². The minimum Gasteiger partial charge on any atom is -0.351 e. The van der Waals surface area contributed by atoms with E-state index in [1.54, 1.807) is 36.0 Å². The fraction of sp³-hybridized carbons (Fsp3) is 0.286. The van der Waals surface area contributed by atoms with Crippen molar-refractivity contribution in [3.63, 3.8) is 0 Å². The van der Waals surface area contributed by atoms with Crippen LogP contribution < -0.4 is 10.6 Å². The van der Waals surface area contributed by atoms with Crippen LogP contribution in [0.3, 0.4) is 0 Å². The molecule has 1 aliphatic rings. The highest BCUT2D eigenvalue weighted by atomic mass is 32.2. The summed E-state index contributed by atoms with van der Waals surface area (Å²) in [6.45, 7) is 2.08. The highest BCUT2D eigenvalue weighted by molar-refractivity contribution is 7.99. The molecule has 0 aliphatic carbocycles. The van der Waals surface area contributed by atoms with Gasteiger partial charge in [0, 0.05) is 29.4 Å². The second kappa shape index (κ2) is 9.52. The Morgan fingerprint density at radius 3 is 2.64 bits per heavy atom. The number of carbonyl (C=O) groups is 3. The molecule has 0 unspecified atom stereocenters. The van der Waals surface area contributed by atoms with Gasteiger partial charge in [0.05, 0.1) is 12.6 Å². The lowest BCUT2D eigenvalue weighted by molar-refractivity contribution is -0.126. The Kier molecular flexibility index (Phi) is 6.84. The maximum atomic E-state index is 12.6. The molecule has 2 aromatic rings. The van der Waals surface area contributed by atoms with Crippen LogP contribution in [0.1, 0.15) is 22.8 Å². The van der Waals surface area contributed by atoms with Gasteiger partial charge in [-0.3, -0.25) is 19.3 Å². The number of thioether (sulfide) groups is 1. The van der Waals surface area contributed by atoms with Gasteiger partial charge >= 0.3 is 0 Å². The predicted molar refractivity (Wildman–Crippen MR) is 111 cm³/mol. The van der Waals surface area contributed by atoms with Gasteiger partial charge in [-0.1, -0.05) is 42.5 Å². The minimum absolute atomic E-state index is 0.0535. The number of rotatable bonds is 7. The van der Waals surface area contributed by atoms with Crippen LogP contribution in [0.15, 0.2) is 54.6 Å². The number of amides is 2. The van der Waals surface area contributed by atoms with Crippen molar-refractivity contribution in [2.45, 2.75) is 19.5 Å². The van der Waals surface area contributed by atoms with Crippen LogP contribution in [0.5, 0.6) is 0 Å². The average molecular weight is 398 g/mol. The second-order valence-electron chi connectivity index (χ2n) is 6.65. The summed E-state index contributed by atoms with van der Waals surface area (Å²) in [6, 6.07) is 16.2. The normalized spacial score (nSPS) is 16.5. The topological polar surface area (TPSA) is 78.5 Å². The summed E-state index contributed by atoms with van der Waals surface area (Å²) in [7, 11) is 0. The maximum absolute atomic E-state index is 12.6. The molecule has 2 amide bonds. The molecule has 0 aromatic heterocycles. The smallest absolute Gasteiger partial charge is 0.238 e. The molecule has 0 saturated carbocycles. The summed E-state index contributed by atoms with van der Waals surface area (Å²) < 4.78 is 0. The zero-order valence-electron chi connectivity index (χ0n) is 15.7. The number of Topliss-reactive ketones (excluding diaryl/α,β-unsaturated/α-hetero) is 1. The van der Waals surface area contributed by atoms with Gasteiger partial charge in [0.1, 0.15) is 0 Å². The Bertz CT molecular complexity index is 857. The van der Waals surface area contributed by atoms with Gasteiger partial charge in [-0.15, -0.1) is 11.8 Å². The second-order valence-corrected chi connectivity index (χ2v) is 7.65. The number of nitrogens with zero attached hydrogens (tertiary/aromatic N) is 1. The Labute approximate surface area is 168 Å². The molecular weight excluding hydrogens is 374 g/mol. The van der Waals surface area contributed by atoms with E-state index in [0.717, 1.165) is 5.56 Å². The first-order valence-corrected chi connectivity index (χ1v) is 10.2. The monoisotopic (exact) mass is 397 g/mol. The van der Waals surface area contributed by atoms with Crippen molar-refractivity contribution in [3.05, 3.63) is 65.7 Å². The van der Waals surface area contributed by atoms with Gasteiger partial charge in [0.25, 0.3) is 0 Å².